The van der Waals surface area contributed by atoms with Gasteiger partial charge in [0.15, 0.2) is 0 Å². The minimum atomic E-state index is 0.477. The Kier molecular flexibility index (Phi) is 4.05. The molecule has 96 valence electrons. The molecule has 1 N–H and O–H groups in total. The van der Waals surface area contributed by atoms with Crippen LogP contribution in [-0.2, 0) is 6.54 Å². The van der Waals surface area contributed by atoms with Gasteiger partial charge in [0.25, 0.3) is 6.01 Å². The Labute approximate surface area is 103 Å². The summed E-state index contributed by atoms with van der Waals surface area (Å²) in [6, 6.07) is 1.89. The van der Waals surface area contributed by atoms with Gasteiger partial charge < -0.3 is 14.6 Å². The van der Waals surface area contributed by atoms with Crippen LogP contribution < -0.4 is 10.2 Å². The van der Waals surface area contributed by atoms with E-state index in [0.29, 0.717) is 12.1 Å². The predicted octanol–water partition coefficient (Wildman–Crippen LogP) is 2.55. The van der Waals surface area contributed by atoms with Crippen molar-refractivity contribution in [1.29, 1.82) is 0 Å². The molecule has 17 heavy (non-hydrogen) atoms. The normalized spacial score (nSPS) is 20.5. The van der Waals surface area contributed by atoms with Crippen molar-refractivity contribution in [3.05, 3.63) is 12.0 Å². The number of rotatable bonds is 5. The SMILES string of the molecule is CCC1CCCN1c1nc(CNC(C)C)co1. The molecule has 2 rings (SSSR count). The third-order valence-electron chi connectivity index (χ3n) is 3.33. The van der Waals surface area contributed by atoms with E-state index in [-0.39, 0.29) is 0 Å². The van der Waals surface area contributed by atoms with Gasteiger partial charge in [0.1, 0.15) is 6.26 Å². The zero-order valence-corrected chi connectivity index (χ0v) is 11.1. The molecular weight excluding hydrogens is 214 g/mol. The van der Waals surface area contributed by atoms with Crippen molar-refractivity contribution in [3.63, 3.8) is 0 Å². The van der Waals surface area contributed by atoms with Crippen LogP contribution in [0.1, 0.15) is 45.7 Å². The number of anilines is 1. The molecule has 1 aromatic rings. The van der Waals surface area contributed by atoms with Gasteiger partial charge in [-0.15, -0.1) is 0 Å². The van der Waals surface area contributed by atoms with E-state index in [1.54, 1.807) is 6.26 Å². The fourth-order valence-electron chi connectivity index (χ4n) is 2.33. The summed E-state index contributed by atoms with van der Waals surface area (Å²) < 4.78 is 5.59. The highest BCUT2D eigenvalue weighted by Crippen LogP contribution is 2.26. The molecule has 4 heteroatoms. The zero-order chi connectivity index (χ0) is 12.3. The summed E-state index contributed by atoms with van der Waals surface area (Å²) >= 11 is 0. The lowest BCUT2D eigenvalue weighted by atomic mass is 10.2. The van der Waals surface area contributed by atoms with Crippen molar-refractivity contribution < 1.29 is 4.42 Å². The maximum absolute atomic E-state index is 5.59. The molecule has 0 aromatic carbocycles. The fraction of sp³-hybridized carbons (Fsp3) is 0.769. The van der Waals surface area contributed by atoms with E-state index in [9.17, 15) is 0 Å². The summed E-state index contributed by atoms with van der Waals surface area (Å²) in [6.45, 7) is 8.36. The molecule has 1 saturated heterocycles. The second kappa shape index (κ2) is 5.54. The minimum Gasteiger partial charge on any atom is -0.432 e. The highest BCUT2D eigenvalue weighted by atomic mass is 16.4. The van der Waals surface area contributed by atoms with E-state index in [1.807, 2.05) is 0 Å². The molecular formula is C13H23N3O. The fourth-order valence-corrected chi connectivity index (χ4v) is 2.33. The predicted molar refractivity (Wildman–Crippen MR) is 69.1 cm³/mol. The Balaban J connectivity index is 1.97. The van der Waals surface area contributed by atoms with Crippen LogP contribution in [-0.4, -0.2) is 23.6 Å². The largest absolute Gasteiger partial charge is 0.432 e. The third kappa shape index (κ3) is 3.00. The maximum Gasteiger partial charge on any atom is 0.297 e. The molecule has 2 heterocycles. The van der Waals surface area contributed by atoms with Gasteiger partial charge in [-0.2, -0.15) is 4.98 Å². The van der Waals surface area contributed by atoms with Crippen LogP contribution in [0.4, 0.5) is 6.01 Å². The van der Waals surface area contributed by atoms with Crippen molar-refractivity contribution >= 4 is 6.01 Å². The molecule has 1 aliphatic rings. The number of hydrogen-bond donors (Lipinski definition) is 1. The van der Waals surface area contributed by atoms with Crippen LogP contribution in [0.2, 0.25) is 0 Å². The van der Waals surface area contributed by atoms with Gasteiger partial charge in [0.05, 0.1) is 5.69 Å². The number of oxazole rings is 1. The molecule has 0 bridgehead atoms. The summed E-state index contributed by atoms with van der Waals surface area (Å²) in [6.07, 6.45) is 5.45. The van der Waals surface area contributed by atoms with Gasteiger partial charge in [0, 0.05) is 25.2 Å². The topological polar surface area (TPSA) is 41.3 Å². The summed E-state index contributed by atoms with van der Waals surface area (Å²) in [5, 5.41) is 3.35. The molecule has 0 amide bonds. The van der Waals surface area contributed by atoms with Gasteiger partial charge in [-0.1, -0.05) is 20.8 Å². The van der Waals surface area contributed by atoms with Crippen molar-refractivity contribution in [2.75, 3.05) is 11.4 Å². The average molecular weight is 237 g/mol. The zero-order valence-electron chi connectivity index (χ0n) is 11.1. The Morgan fingerprint density at radius 3 is 3.12 bits per heavy atom. The minimum absolute atomic E-state index is 0.477. The first-order valence-electron chi connectivity index (χ1n) is 6.65. The van der Waals surface area contributed by atoms with E-state index >= 15 is 0 Å². The standard InChI is InChI=1S/C13H23N3O/c1-4-12-6-5-7-16(12)13-15-11(9-17-13)8-14-10(2)3/h9-10,12,14H,4-8H2,1-3H3. The first-order chi connectivity index (χ1) is 8.20. The van der Waals surface area contributed by atoms with Crippen LogP contribution >= 0.6 is 0 Å². The van der Waals surface area contributed by atoms with E-state index < -0.39 is 0 Å². The summed E-state index contributed by atoms with van der Waals surface area (Å²) in [5.74, 6) is 0. The lowest BCUT2D eigenvalue weighted by Gasteiger charge is -2.20. The van der Waals surface area contributed by atoms with Gasteiger partial charge in [-0.05, 0) is 19.3 Å². The molecule has 0 spiro atoms. The van der Waals surface area contributed by atoms with Gasteiger partial charge in [-0.3, -0.25) is 0 Å². The lowest BCUT2D eigenvalue weighted by Crippen LogP contribution is -2.28. The molecule has 1 aromatic heterocycles. The van der Waals surface area contributed by atoms with Crippen LogP contribution in [0.15, 0.2) is 10.7 Å². The van der Waals surface area contributed by atoms with E-state index in [1.165, 1.54) is 19.3 Å². The molecule has 1 fully saturated rings. The average Bonchev–Trinajstić information content (AvgIpc) is 2.94. The van der Waals surface area contributed by atoms with Crippen molar-refractivity contribution in [3.8, 4) is 0 Å². The number of nitrogens with one attached hydrogen (secondary N) is 1. The quantitative estimate of drug-likeness (QED) is 0.854. The number of nitrogens with zero attached hydrogens (tertiary/aromatic N) is 2. The van der Waals surface area contributed by atoms with E-state index in [4.69, 9.17) is 4.42 Å². The van der Waals surface area contributed by atoms with Crippen LogP contribution in [0, 0.1) is 0 Å². The molecule has 1 aliphatic heterocycles. The smallest absolute Gasteiger partial charge is 0.297 e. The van der Waals surface area contributed by atoms with Crippen molar-refractivity contribution in [1.82, 2.24) is 10.3 Å². The van der Waals surface area contributed by atoms with Gasteiger partial charge >= 0.3 is 0 Å². The Hall–Kier alpha value is -1.03. The highest BCUT2D eigenvalue weighted by Gasteiger charge is 2.26. The first-order valence-corrected chi connectivity index (χ1v) is 6.65. The van der Waals surface area contributed by atoms with Crippen molar-refractivity contribution in [2.45, 2.75) is 58.7 Å². The molecule has 0 radical (unpaired) electrons. The number of aromatic nitrogens is 1. The molecule has 0 saturated carbocycles. The molecule has 0 aliphatic carbocycles. The van der Waals surface area contributed by atoms with Crippen LogP contribution in [0.3, 0.4) is 0 Å². The van der Waals surface area contributed by atoms with Gasteiger partial charge in [-0.25, -0.2) is 0 Å². The molecule has 1 unspecified atom stereocenters. The van der Waals surface area contributed by atoms with E-state index in [2.05, 4.69) is 36.0 Å². The highest BCUT2D eigenvalue weighted by molar-refractivity contribution is 5.30. The van der Waals surface area contributed by atoms with E-state index in [0.717, 1.165) is 24.8 Å². The number of hydrogen-bond acceptors (Lipinski definition) is 4. The van der Waals surface area contributed by atoms with Gasteiger partial charge in [0.2, 0.25) is 0 Å². The maximum atomic E-state index is 5.59. The molecule has 4 nitrogen and oxygen atoms in total. The Bertz CT molecular complexity index is 348. The van der Waals surface area contributed by atoms with Crippen LogP contribution in [0.5, 0.6) is 0 Å². The Morgan fingerprint density at radius 2 is 2.41 bits per heavy atom. The Morgan fingerprint density at radius 1 is 1.59 bits per heavy atom. The monoisotopic (exact) mass is 237 g/mol. The second-order valence-electron chi connectivity index (χ2n) is 5.05. The summed E-state index contributed by atoms with van der Waals surface area (Å²) in [5.41, 5.74) is 0.996. The lowest BCUT2D eigenvalue weighted by molar-refractivity contribution is 0.514. The van der Waals surface area contributed by atoms with Crippen molar-refractivity contribution in [2.24, 2.45) is 0 Å². The van der Waals surface area contributed by atoms with Crippen LogP contribution in [0.25, 0.3) is 0 Å². The first kappa shape index (κ1) is 12.4. The second-order valence-corrected chi connectivity index (χ2v) is 5.05. The third-order valence-corrected chi connectivity index (χ3v) is 3.33. The summed E-state index contributed by atoms with van der Waals surface area (Å²) in [7, 11) is 0. The summed E-state index contributed by atoms with van der Waals surface area (Å²) in [4.78, 5) is 6.86. The molecule has 1 atom stereocenters.